The van der Waals surface area contributed by atoms with Gasteiger partial charge in [0.05, 0.1) is 22.6 Å². The molecule has 0 aliphatic carbocycles. The topological polar surface area (TPSA) is 133 Å². The van der Waals surface area contributed by atoms with Crippen molar-refractivity contribution < 1.29 is 13.2 Å². The van der Waals surface area contributed by atoms with Gasteiger partial charge in [-0.1, -0.05) is 6.92 Å². The highest BCUT2D eigenvalue weighted by Crippen LogP contribution is 2.28. The quantitative estimate of drug-likeness (QED) is 0.612. The molecule has 0 saturated heterocycles. The number of aliphatic imine (C=N–C) groups is 1. The zero-order valence-corrected chi connectivity index (χ0v) is 14.5. The minimum absolute atomic E-state index is 0.0686. The third-order valence-corrected chi connectivity index (χ3v) is 4.61. The van der Waals surface area contributed by atoms with E-state index >= 15 is 0 Å². The first-order valence-corrected chi connectivity index (χ1v) is 9.05. The van der Waals surface area contributed by atoms with E-state index in [1.165, 1.54) is 12.4 Å². The molecule has 1 aromatic heterocycles. The minimum Gasteiger partial charge on any atom is -0.370 e. The number of rotatable bonds is 4. The molecule has 0 spiro atoms. The van der Waals surface area contributed by atoms with Crippen LogP contribution < -0.4 is 11.5 Å². The first-order valence-electron chi connectivity index (χ1n) is 7.16. The molecule has 0 aliphatic heterocycles. The lowest BCUT2D eigenvalue weighted by Crippen LogP contribution is -2.24. The van der Waals surface area contributed by atoms with Crippen LogP contribution in [0, 0.1) is 6.92 Å². The highest BCUT2D eigenvalue weighted by atomic mass is 32.2. The van der Waals surface area contributed by atoms with Crippen LogP contribution in [0.2, 0.25) is 0 Å². The molecule has 0 fully saturated rings. The SMILES string of the molecule is CCc1c(C(=O)N=C(N)N)ccc(-n2cnc(C)c2)c1S(C)(=O)=O. The summed E-state index contributed by atoms with van der Waals surface area (Å²) in [5, 5.41) is 0. The number of nitrogens with zero attached hydrogens (tertiary/aromatic N) is 3. The van der Waals surface area contributed by atoms with Crippen LogP contribution in [0.15, 0.2) is 34.5 Å². The molecule has 128 valence electrons. The summed E-state index contributed by atoms with van der Waals surface area (Å²) in [6.07, 6.45) is 4.66. The lowest BCUT2D eigenvalue weighted by Gasteiger charge is -2.16. The average molecular weight is 349 g/mol. The number of carbonyl (C=O) groups excluding carboxylic acids is 1. The summed E-state index contributed by atoms with van der Waals surface area (Å²) in [6, 6.07) is 3.07. The highest BCUT2D eigenvalue weighted by molar-refractivity contribution is 7.90. The molecule has 8 nitrogen and oxygen atoms in total. The predicted octanol–water partition coefficient (Wildman–Crippen LogP) is 0.560. The van der Waals surface area contributed by atoms with Gasteiger partial charge >= 0.3 is 0 Å². The van der Waals surface area contributed by atoms with Crippen LogP contribution in [-0.2, 0) is 16.3 Å². The summed E-state index contributed by atoms with van der Waals surface area (Å²) in [7, 11) is -3.61. The Morgan fingerprint density at radius 2 is 2.00 bits per heavy atom. The first-order chi connectivity index (χ1) is 11.1. The van der Waals surface area contributed by atoms with Crippen molar-refractivity contribution in [1.29, 1.82) is 0 Å². The molecule has 4 N–H and O–H groups in total. The molecule has 9 heteroatoms. The smallest absolute Gasteiger partial charge is 0.280 e. The van der Waals surface area contributed by atoms with Gasteiger partial charge in [0.2, 0.25) is 0 Å². The van der Waals surface area contributed by atoms with E-state index in [-0.39, 0.29) is 16.4 Å². The van der Waals surface area contributed by atoms with E-state index in [2.05, 4.69) is 9.98 Å². The van der Waals surface area contributed by atoms with Gasteiger partial charge in [-0.2, -0.15) is 4.99 Å². The fraction of sp³-hybridized carbons (Fsp3) is 0.267. The highest BCUT2D eigenvalue weighted by Gasteiger charge is 2.24. The molecular formula is C15H19N5O3S. The summed E-state index contributed by atoms with van der Waals surface area (Å²) in [4.78, 5) is 19.9. The standard InChI is InChI=1S/C15H19N5O3S/c1-4-10-11(14(21)19-15(16)17)5-6-12(13(10)24(3,22)23)20-7-9(2)18-8-20/h5-8H,4H2,1-3H3,(H4,16,17,19,21). The summed E-state index contributed by atoms with van der Waals surface area (Å²) in [5.41, 5.74) is 12.2. The average Bonchev–Trinajstić information content (AvgIpc) is 2.90. The molecular weight excluding hydrogens is 330 g/mol. The molecule has 0 unspecified atom stereocenters. The van der Waals surface area contributed by atoms with Gasteiger partial charge in [0.1, 0.15) is 0 Å². The second-order valence-corrected chi connectivity index (χ2v) is 7.28. The zero-order valence-electron chi connectivity index (χ0n) is 13.6. The molecule has 0 saturated carbocycles. The number of aromatic nitrogens is 2. The van der Waals surface area contributed by atoms with E-state index in [1.807, 2.05) is 0 Å². The number of nitrogens with two attached hydrogens (primary N) is 2. The Balaban J connectivity index is 2.82. The summed E-state index contributed by atoms with van der Waals surface area (Å²) < 4.78 is 26.4. The molecule has 2 rings (SSSR count). The molecule has 24 heavy (non-hydrogen) atoms. The van der Waals surface area contributed by atoms with Crippen molar-refractivity contribution in [2.45, 2.75) is 25.2 Å². The van der Waals surface area contributed by atoms with E-state index < -0.39 is 15.7 Å². The second-order valence-electron chi connectivity index (χ2n) is 5.33. The van der Waals surface area contributed by atoms with Crippen LogP contribution in [0.3, 0.4) is 0 Å². The lowest BCUT2D eigenvalue weighted by atomic mass is 10.0. The number of sulfone groups is 1. The molecule has 0 aliphatic rings. The third-order valence-electron chi connectivity index (χ3n) is 3.41. The van der Waals surface area contributed by atoms with Crippen LogP contribution in [0.1, 0.15) is 28.5 Å². The lowest BCUT2D eigenvalue weighted by molar-refractivity contribution is 0.100. The van der Waals surface area contributed by atoms with Gasteiger partial charge in [0.15, 0.2) is 15.8 Å². The van der Waals surface area contributed by atoms with Gasteiger partial charge in [-0.05, 0) is 31.0 Å². The maximum absolute atomic E-state index is 12.4. The van der Waals surface area contributed by atoms with Crippen molar-refractivity contribution in [3.05, 3.63) is 41.5 Å². The van der Waals surface area contributed by atoms with Crippen molar-refractivity contribution in [2.24, 2.45) is 16.5 Å². The normalized spacial score (nSPS) is 11.3. The van der Waals surface area contributed by atoms with Crippen molar-refractivity contribution in [2.75, 3.05) is 6.26 Å². The number of hydrogen-bond acceptors (Lipinski definition) is 4. The van der Waals surface area contributed by atoms with Gasteiger partial charge < -0.3 is 16.0 Å². The first kappa shape index (κ1) is 17.7. The second kappa shape index (κ2) is 6.44. The van der Waals surface area contributed by atoms with E-state index in [9.17, 15) is 13.2 Å². The Bertz CT molecular complexity index is 925. The van der Waals surface area contributed by atoms with Crippen LogP contribution in [0.4, 0.5) is 0 Å². The molecule has 1 heterocycles. The van der Waals surface area contributed by atoms with Crippen molar-refractivity contribution >= 4 is 21.7 Å². The Hall–Kier alpha value is -2.68. The maximum atomic E-state index is 12.4. The number of aryl methyl sites for hydroxylation is 1. The van der Waals surface area contributed by atoms with Gasteiger partial charge in [-0.15, -0.1) is 0 Å². The van der Waals surface area contributed by atoms with E-state index in [4.69, 9.17) is 11.5 Å². The summed E-state index contributed by atoms with van der Waals surface area (Å²) >= 11 is 0. The molecule has 0 bridgehead atoms. The fourth-order valence-electron chi connectivity index (χ4n) is 2.51. The number of imidazole rings is 1. The van der Waals surface area contributed by atoms with Gasteiger partial charge in [0, 0.05) is 18.0 Å². The van der Waals surface area contributed by atoms with Crippen molar-refractivity contribution in [3.63, 3.8) is 0 Å². The van der Waals surface area contributed by atoms with E-state index in [1.54, 1.807) is 30.7 Å². The molecule has 2 aromatic rings. The molecule has 1 amide bonds. The molecule has 0 radical (unpaired) electrons. The number of amides is 1. The van der Waals surface area contributed by atoms with Gasteiger partial charge in [-0.3, -0.25) is 4.79 Å². The van der Waals surface area contributed by atoms with Crippen LogP contribution in [-0.4, -0.2) is 36.1 Å². The monoisotopic (exact) mass is 349 g/mol. The van der Waals surface area contributed by atoms with Gasteiger partial charge in [-0.25, -0.2) is 13.4 Å². The van der Waals surface area contributed by atoms with E-state index in [0.717, 1.165) is 11.9 Å². The number of guanidine groups is 1. The Morgan fingerprint density at radius 1 is 1.33 bits per heavy atom. The Labute approximate surface area is 140 Å². The summed E-state index contributed by atoms with van der Waals surface area (Å²) in [5.74, 6) is -1.05. The molecule has 0 atom stereocenters. The summed E-state index contributed by atoms with van der Waals surface area (Å²) in [6.45, 7) is 3.56. The molecule has 1 aromatic carbocycles. The zero-order chi connectivity index (χ0) is 18.1. The number of benzene rings is 1. The minimum atomic E-state index is -3.61. The van der Waals surface area contributed by atoms with Crippen molar-refractivity contribution in [1.82, 2.24) is 9.55 Å². The van der Waals surface area contributed by atoms with Crippen molar-refractivity contribution in [3.8, 4) is 5.69 Å². The van der Waals surface area contributed by atoms with Crippen LogP contribution in [0.5, 0.6) is 0 Å². The maximum Gasteiger partial charge on any atom is 0.280 e. The number of hydrogen-bond donors (Lipinski definition) is 2. The predicted molar refractivity (Wildman–Crippen MR) is 90.9 cm³/mol. The Kier molecular flexibility index (Phi) is 4.74. The number of carbonyl (C=O) groups is 1. The van der Waals surface area contributed by atoms with E-state index in [0.29, 0.717) is 17.7 Å². The Morgan fingerprint density at radius 3 is 2.46 bits per heavy atom. The fourth-order valence-corrected chi connectivity index (χ4v) is 3.77. The van der Waals surface area contributed by atoms with Crippen LogP contribution >= 0.6 is 0 Å². The van der Waals surface area contributed by atoms with Crippen LogP contribution in [0.25, 0.3) is 5.69 Å². The van der Waals surface area contributed by atoms with Gasteiger partial charge in [0.25, 0.3) is 5.91 Å². The third kappa shape index (κ3) is 3.46. The largest absolute Gasteiger partial charge is 0.370 e.